The number of rotatable bonds is 10. The van der Waals surface area contributed by atoms with Crippen molar-refractivity contribution in [3.8, 4) is 22.5 Å². The molecule has 0 fully saturated rings. The molecular weight excluding hydrogens is 498 g/mol. The number of aromatic amines is 1. The first-order chi connectivity index (χ1) is 19.2. The van der Waals surface area contributed by atoms with Gasteiger partial charge in [0.2, 0.25) is 5.82 Å². The molecule has 2 aromatic heterocycles. The van der Waals surface area contributed by atoms with Crippen LogP contribution >= 0.6 is 0 Å². The number of pyridine rings is 1. The average molecular weight is 542 g/mol. The van der Waals surface area contributed by atoms with Crippen LogP contribution in [0.5, 0.6) is 0 Å². The van der Waals surface area contributed by atoms with Crippen LogP contribution in [0.2, 0.25) is 0 Å². The van der Waals surface area contributed by atoms with Crippen molar-refractivity contribution in [1.29, 1.82) is 0 Å². The summed E-state index contributed by atoms with van der Waals surface area (Å²) in [7, 11) is 0. The lowest BCUT2D eigenvalue weighted by Crippen LogP contribution is -2.19. The molecular formula is C32H43N7O. The average Bonchev–Trinajstić information content (AvgIpc) is 3.47. The van der Waals surface area contributed by atoms with E-state index in [9.17, 15) is 0 Å². The predicted octanol–water partition coefficient (Wildman–Crippen LogP) is 7.65. The van der Waals surface area contributed by atoms with Crippen LogP contribution in [0.3, 0.4) is 0 Å². The maximum absolute atomic E-state index is 5.77. The molecule has 2 heterocycles. The van der Waals surface area contributed by atoms with Gasteiger partial charge in [0.25, 0.3) is 0 Å². The zero-order chi connectivity index (χ0) is 29.1. The summed E-state index contributed by atoms with van der Waals surface area (Å²) in [6.45, 7) is 19.6. The number of aromatic nitrogens is 5. The lowest BCUT2D eigenvalue weighted by Gasteiger charge is -2.20. The first-order valence-electron chi connectivity index (χ1n) is 13.9. The zero-order valence-corrected chi connectivity index (χ0v) is 25.0. The summed E-state index contributed by atoms with van der Waals surface area (Å²) in [6, 6.07) is 16.8. The van der Waals surface area contributed by atoms with E-state index < -0.39 is 0 Å². The standard InChI is InChI=1S/C17H18N4.C15H25N3O/c1-3-6-13-9-10-14(11-12(13)2)15-7-4-5-8-16(15)17-18-20-21-19-17;1-7-8-17-14-13(16-6)11(2)9-12(18-14)10-19-15(3,4)5/h4-5,7-11H,3,6H2,1-2H3,(H,18,19,20,21);9H,6-8,10H2,1-5H3,(H,17,18). The van der Waals surface area contributed by atoms with E-state index in [0.717, 1.165) is 53.3 Å². The smallest absolute Gasteiger partial charge is 0.205 e. The Labute approximate surface area is 238 Å². The predicted molar refractivity (Wildman–Crippen MR) is 165 cm³/mol. The molecule has 40 heavy (non-hydrogen) atoms. The van der Waals surface area contributed by atoms with E-state index in [-0.39, 0.29) is 5.60 Å². The molecule has 2 N–H and O–H groups in total. The Balaban J connectivity index is 0.000000222. The molecule has 2 aromatic carbocycles. The van der Waals surface area contributed by atoms with Crippen molar-refractivity contribution in [1.82, 2.24) is 25.6 Å². The van der Waals surface area contributed by atoms with Gasteiger partial charge in [0, 0.05) is 12.1 Å². The lowest BCUT2D eigenvalue weighted by atomic mass is 9.95. The Morgan fingerprint density at radius 2 is 1.73 bits per heavy atom. The van der Waals surface area contributed by atoms with Gasteiger partial charge in [-0.3, -0.25) is 4.99 Å². The number of ether oxygens (including phenoxy) is 1. The Morgan fingerprint density at radius 3 is 2.33 bits per heavy atom. The molecule has 0 radical (unpaired) electrons. The van der Waals surface area contributed by atoms with E-state index in [2.05, 4.69) is 87.7 Å². The SMILES string of the molecule is C=Nc1c(C)cc(COC(C)(C)C)nc1NCCC.CCCc1ccc(-c2ccccc2-c2nn[nH]n2)cc1C. The van der Waals surface area contributed by atoms with Crippen LogP contribution < -0.4 is 5.32 Å². The quantitative estimate of drug-likeness (QED) is 0.200. The number of aliphatic imine (C=N–C) groups is 1. The molecule has 0 saturated heterocycles. The summed E-state index contributed by atoms with van der Waals surface area (Å²) in [6.07, 6.45) is 3.33. The van der Waals surface area contributed by atoms with Crippen LogP contribution in [0.4, 0.5) is 11.5 Å². The van der Waals surface area contributed by atoms with Crippen LogP contribution in [-0.2, 0) is 17.8 Å². The maximum Gasteiger partial charge on any atom is 0.205 e. The van der Waals surface area contributed by atoms with Gasteiger partial charge >= 0.3 is 0 Å². The lowest BCUT2D eigenvalue weighted by molar-refractivity contribution is -0.0164. The monoisotopic (exact) mass is 541 g/mol. The molecule has 0 aliphatic heterocycles. The fourth-order valence-electron chi connectivity index (χ4n) is 4.28. The summed E-state index contributed by atoms with van der Waals surface area (Å²) in [5, 5.41) is 17.6. The molecule has 0 aliphatic rings. The Hall–Kier alpha value is -3.91. The number of nitrogens with one attached hydrogen (secondary N) is 2. The zero-order valence-electron chi connectivity index (χ0n) is 25.0. The van der Waals surface area contributed by atoms with Gasteiger partial charge in [0.15, 0.2) is 5.82 Å². The Kier molecular flexibility index (Phi) is 11.1. The summed E-state index contributed by atoms with van der Waals surface area (Å²) < 4.78 is 5.77. The number of nitrogens with zero attached hydrogens (tertiary/aromatic N) is 5. The molecule has 4 aromatic rings. The Bertz CT molecular complexity index is 1370. The highest BCUT2D eigenvalue weighted by molar-refractivity contribution is 5.80. The number of aryl methyl sites for hydroxylation is 3. The molecule has 8 nitrogen and oxygen atoms in total. The van der Waals surface area contributed by atoms with E-state index in [4.69, 9.17) is 4.74 Å². The summed E-state index contributed by atoms with van der Waals surface area (Å²) in [4.78, 5) is 8.63. The third-order valence-corrected chi connectivity index (χ3v) is 6.28. The van der Waals surface area contributed by atoms with Gasteiger partial charge in [-0.25, -0.2) is 4.98 Å². The van der Waals surface area contributed by atoms with Gasteiger partial charge in [-0.1, -0.05) is 62.7 Å². The maximum atomic E-state index is 5.77. The minimum Gasteiger partial charge on any atom is -0.370 e. The Morgan fingerprint density at radius 1 is 0.975 bits per heavy atom. The molecule has 8 heteroatoms. The first kappa shape index (κ1) is 30.6. The number of anilines is 1. The van der Waals surface area contributed by atoms with Crippen LogP contribution in [0.25, 0.3) is 22.5 Å². The topological polar surface area (TPSA) is 101 Å². The highest BCUT2D eigenvalue weighted by Gasteiger charge is 2.14. The van der Waals surface area contributed by atoms with Crippen molar-refractivity contribution in [3.63, 3.8) is 0 Å². The van der Waals surface area contributed by atoms with Crippen LogP contribution in [-0.4, -0.2) is 44.5 Å². The van der Waals surface area contributed by atoms with Gasteiger partial charge in [-0.2, -0.15) is 5.21 Å². The fourth-order valence-corrected chi connectivity index (χ4v) is 4.28. The largest absolute Gasteiger partial charge is 0.370 e. The van der Waals surface area contributed by atoms with Gasteiger partial charge in [-0.15, -0.1) is 10.2 Å². The van der Waals surface area contributed by atoms with E-state index in [1.165, 1.54) is 23.1 Å². The summed E-state index contributed by atoms with van der Waals surface area (Å²) in [5.74, 6) is 1.42. The van der Waals surface area contributed by atoms with Crippen molar-refractivity contribution in [2.45, 2.75) is 79.9 Å². The number of hydrogen-bond donors (Lipinski definition) is 2. The molecule has 0 bridgehead atoms. The number of benzene rings is 2. The second kappa shape index (κ2) is 14.5. The second-order valence-electron chi connectivity index (χ2n) is 10.8. The molecule has 0 amide bonds. The van der Waals surface area contributed by atoms with Crippen LogP contribution in [0.1, 0.15) is 69.8 Å². The van der Waals surface area contributed by atoms with Crippen molar-refractivity contribution in [2.75, 3.05) is 11.9 Å². The minimum atomic E-state index is -0.165. The normalized spacial score (nSPS) is 11.1. The minimum absolute atomic E-state index is 0.165. The number of hydrogen-bond acceptors (Lipinski definition) is 7. The van der Waals surface area contributed by atoms with Crippen molar-refractivity contribution >= 4 is 18.2 Å². The fraction of sp³-hybridized carbons (Fsp3) is 0.406. The molecule has 0 atom stereocenters. The van der Waals surface area contributed by atoms with Gasteiger partial charge in [0.1, 0.15) is 5.69 Å². The molecule has 4 rings (SSSR count). The van der Waals surface area contributed by atoms with E-state index in [1.54, 1.807) is 0 Å². The number of H-pyrrole nitrogens is 1. The molecule has 0 spiro atoms. The molecule has 0 saturated carbocycles. The van der Waals surface area contributed by atoms with Crippen molar-refractivity contribution < 1.29 is 4.74 Å². The van der Waals surface area contributed by atoms with Crippen LogP contribution in [0.15, 0.2) is 53.5 Å². The second-order valence-corrected chi connectivity index (χ2v) is 10.8. The highest BCUT2D eigenvalue weighted by atomic mass is 16.5. The summed E-state index contributed by atoms with van der Waals surface area (Å²) >= 11 is 0. The van der Waals surface area contributed by atoms with Crippen molar-refractivity contribution in [2.24, 2.45) is 4.99 Å². The highest BCUT2D eigenvalue weighted by Crippen LogP contribution is 2.31. The van der Waals surface area contributed by atoms with Crippen molar-refractivity contribution in [3.05, 3.63) is 70.9 Å². The van der Waals surface area contributed by atoms with E-state index in [1.807, 2.05) is 52.0 Å². The van der Waals surface area contributed by atoms with E-state index in [0.29, 0.717) is 12.4 Å². The number of tetrazole rings is 1. The van der Waals surface area contributed by atoms with Crippen LogP contribution in [0, 0.1) is 13.8 Å². The van der Waals surface area contributed by atoms with Gasteiger partial charge < -0.3 is 10.1 Å². The first-order valence-corrected chi connectivity index (χ1v) is 13.9. The third kappa shape index (κ3) is 8.55. The molecule has 0 unspecified atom stereocenters. The molecule has 212 valence electrons. The molecule has 0 aliphatic carbocycles. The van der Waals surface area contributed by atoms with Gasteiger partial charge in [-0.05, 0) is 93.3 Å². The third-order valence-electron chi connectivity index (χ3n) is 6.28. The summed E-state index contributed by atoms with van der Waals surface area (Å²) in [5.41, 5.74) is 8.70. The van der Waals surface area contributed by atoms with E-state index >= 15 is 0 Å². The van der Waals surface area contributed by atoms with Gasteiger partial charge in [0.05, 0.1) is 17.9 Å².